The summed E-state index contributed by atoms with van der Waals surface area (Å²) in [5, 5.41) is 13.7. The first kappa shape index (κ1) is 14.8. The van der Waals surface area contributed by atoms with E-state index >= 15 is 0 Å². The van der Waals surface area contributed by atoms with Gasteiger partial charge in [-0.15, -0.1) is 0 Å². The smallest absolute Gasteiger partial charge is 0.318 e. The topological polar surface area (TPSA) is 114 Å². The number of carbonyl (C=O) groups is 2. The van der Waals surface area contributed by atoms with Gasteiger partial charge in [0.15, 0.2) is 0 Å². The van der Waals surface area contributed by atoms with Crippen molar-refractivity contribution in [2.75, 3.05) is 20.3 Å². The molecule has 0 bridgehead atoms. The number of hydrogen-bond acceptors (Lipinski definition) is 5. The molecular weight excluding hydrogens is 214 g/mol. The van der Waals surface area contributed by atoms with Crippen molar-refractivity contribution in [3.8, 4) is 0 Å². The standard InChI is InChI=1S/C9H19N3O4/c1-6(8(14)12-9(10)15)11-7(3-4-13)5-16-2/h6-7,11,13H,3-5H2,1-2H3,(H3,10,12,14,15). The van der Waals surface area contributed by atoms with Crippen LogP contribution in [-0.2, 0) is 9.53 Å². The lowest BCUT2D eigenvalue weighted by Crippen LogP contribution is -2.50. The number of primary amides is 1. The second-order valence-electron chi connectivity index (χ2n) is 3.41. The van der Waals surface area contributed by atoms with Gasteiger partial charge in [0, 0.05) is 19.8 Å². The number of nitrogens with one attached hydrogen (secondary N) is 2. The van der Waals surface area contributed by atoms with E-state index < -0.39 is 18.0 Å². The molecule has 0 saturated carbocycles. The van der Waals surface area contributed by atoms with E-state index in [1.807, 2.05) is 5.32 Å². The molecule has 0 radical (unpaired) electrons. The predicted octanol–water partition coefficient (Wildman–Crippen LogP) is -1.44. The highest BCUT2D eigenvalue weighted by molar-refractivity contribution is 5.96. The highest BCUT2D eigenvalue weighted by Crippen LogP contribution is 1.95. The molecule has 0 heterocycles. The van der Waals surface area contributed by atoms with Crippen LogP contribution in [0.3, 0.4) is 0 Å². The van der Waals surface area contributed by atoms with E-state index in [2.05, 4.69) is 5.32 Å². The Kier molecular flexibility index (Phi) is 7.44. The quantitative estimate of drug-likeness (QED) is 0.430. The van der Waals surface area contributed by atoms with E-state index in [0.717, 1.165) is 0 Å². The van der Waals surface area contributed by atoms with Gasteiger partial charge in [-0.3, -0.25) is 10.1 Å². The molecule has 0 spiro atoms. The SMILES string of the molecule is COCC(CCO)NC(C)C(=O)NC(N)=O. The summed E-state index contributed by atoms with van der Waals surface area (Å²) >= 11 is 0. The molecule has 0 aromatic heterocycles. The molecule has 0 aromatic rings. The molecule has 2 atom stereocenters. The normalized spacial score (nSPS) is 14.2. The minimum Gasteiger partial charge on any atom is -0.396 e. The highest BCUT2D eigenvalue weighted by atomic mass is 16.5. The Balaban J connectivity index is 4.10. The minimum atomic E-state index is -0.885. The van der Waals surface area contributed by atoms with Crippen LogP contribution in [0.2, 0.25) is 0 Å². The van der Waals surface area contributed by atoms with Crippen molar-refractivity contribution in [1.29, 1.82) is 0 Å². The third-order valence-electron chi connectivity index (χ3n) is 1.97. The van der Waals surface area contributed by atoms with Gasteiger partial charge < -0.3 is 20.9 Å². The van der Waals surface area contributed by atoms with Gasteiger partial charge in [-0.05, 0) is 13.3 Å². The van der Waals surface area contributed by atoms with E-state index in [4.69, 9.17) is 15.6 Å². The van der Waals surface area contributed by atoms with Crippen LogP contribution in [-0.4, -0.2) is 49.5 Å². The van der Waals surface area contributed by atoms with Crippen LogP contribution in [0.25, 0.3) is 0 Å². The zero-order valence-corrected chi connectivity index (χ0v) is 9.53. The lowest BCUT2D eigenvalue weighted by atomic mass is 10.2. The van der Waals surface area contributed by atoms with Gasteiger partial charge in [-0.25, -0.2) is 4.79 Å². The zero-order chi connectivity index (χ0) is 12.6. The average Bonchev–Trinajstić information content (AvgIpc) is 2.17. The molecular formula is C9H19N3O4. The summed E-state index contributed by atoms with van der Waals surface area (Å²) in [6.07, 6.45) is 0.460. The van der Waals surface area contributed by atoms with E-state index in [0.29, 0.717) is 13.0 Å². The van der Waals surface area contributed by atoms with Crippen molar-refractivity contribution in [1.82, 2.24) is 10.6 Å². The Morgan fingerprint density at radius 2 is 2.12 bits per heavy atom. The number of ether oxygens (including phenoxy) is 1. The Labute approximate surface area is 94.3 Å². The number of nitrogens with two attached hydrogens (primary N) is 1. The van der Waals surface area contributed by atoms with Gasteiger partial charge in [0.25, 0.3) is 0 Å². The number of carbonyl (C=O) groups excluding carboxylic acids is 2. The molecule has 7 nitrogen and oxygen atoms in total. The van der Waals surface area contributed by atoms with E-state index in [1.165, 1.54) is 7.11 Å². The second-order valence-corrected chi connectivity index (χ2v) is 3.41. The molecule has 7 heteroatoms. The number of methoxy groups -OCH3 is 1. The number of hydrogen-bond donors (Lipinski definition) is 4. The Morgan fingerprint density at radius 1 is 1.50 bits per heavy atom. The summed E-state index contributed by atoms with van der Waals surface area (Å²) in [6, 6.07) is -1.62. The molecule has 94 valence electrons. The summed E-state index contributed by atoms with van der Waals surface area (Å²) in [7, 11) is 1.53. The number of aliphatic hydroxyl groups excluding tert-OH is 1. The molecule has 0 aromatic carbocycles. The fourth-order valence-electron chi connectivity index (χ4n) is 1.23. The maximum absolute atomic E-state index is 11.3. The fraction of sp³-hybridized carbons (Fsp3) is 0.778. The van der Waals surface area contributed by atoms with Crippen LogP contribution in [0.15, 0.2) is 0 Å². The minimum absolute atomic E-state index is 0.00874. The number of amides is 3. The molecule has 0 aliphatic heterocycles. The maximum Gasteiger partial charge on any atom is 0.318 e. The van der Waals surface area contributed by atoms with Gasteiger partial charge in [-0.2, -0.15) is 0 Å². The molecule has 0 aliphatic rings. The van der Waals surface area contributed by atoms with Gasteiger partial charge in [-0.1, -0.05) is 0 Å². The van der Waals surface area contributed by atoms with E-state index in [1.54, 1.807) is 6.92 Å². The number of urea groups is 1. The van der Waals surface area contributed by atoms with Crippen LogP contribution in [0.5, 0.6) is 0 Å². The maximum atomic E-state index is 11.3. The van der Waals surface area contributed by atoms with Crippen molar-refractivity contribution in [3.05, 3.63) is 0 Å². The zero-order valence-electron chi connectivity index (χ0n) is 9.53. The predicted molar refractivity (Wildman–Crippen MR) is 57.7 cm³/mol. The number of imide groups is 1. The molecule has 0 fully saturated rings. The van der Waals surface area contributed by atoms with Crippen LogP contribution < -0.4 is 16.4 Å². The monoisotopic (exact) mass is 233 g/mol. The third kappa shape index (κ3) is 6.33. The number of rotatable bonds is 7. The van der Waals surface area contributed by atoms with Crippen LogP contribution in [0.4, 0.5) is 4.79 Å². The summed E-state index contributed by atoms with van der Waals surface area (Å²) in [5.74, 6) is -0.508. The van der Waals surface area contributed by atoms with Gasteiger partial charge in [0.05, 0.1) is 12.6 Å². The molecule has 5 N–H and O–H groups in total. The summed E-state index contributed by atoms with van der Waals surface area (Å²) in [5.41, 5.74) is 4.82. The summed E-state index contributed by atoms with van der Waals surface area (Å²) in [4.78, 5) is 21.8. The Bertz CT molecular complexity index is 229. The van der Waals surface area contributed by atoms with Crippen LogP contribution >= 0.6 is 0 Å². The molecule has 0 saturated heterocycles. The summed E-state index contributed by atoms with van der Waals surface area (Å²) in [6.45, 7) is 1.96. The average molecular weight is 233 g/mol. The van der Waals surface area contributed by atoms with Gasteiger partial charge >= 0.3 is 6.03 Å². The molecule has 0 aliphatic carbocycles. The third-order valence-corrected chi connectivity index (χ3v) is 1.97. The fourth-order valence-corrected chi connectivity index (χ4v) is 1.23. The van der Waals surface area contributed by atoms with E-state index in [9.17, 15) is 9.59 Å². The van der Waals surface area contributed by atoms with Gasteiger partial charge in [0.1, 0.15) is 0 Å². The highest BCUT2D eigenvalue weighted by Gasteiger charge is 2.18. The van der Waals surface area contributed by atoms with Crippen LogP contribution in [0, 0.1) is 0 Å². The van der Waals surface area contributed by atoms with Crippen LogP contribution in [0.1, 0.15) is 13.3 Å². The number of aliphatic hydroxyl groups is 1. The van der Waals surface area contributed by atoms with Gasteiger partial charge in [0.2, 0.25) is 5.91 Å². The molecule has 0 rings (SSSR count). The lowest BCUT2D eigenvalue weighted by Gasteiger charge is -2.21. The largest absolute Gasteiger partial charge is 0.396 e. The Morgan fingerprint density at radius 3 is 2.56 bits per heavy atom. The molecule has 2 unspecified atom stereocenters. The van der Waals surface area contributed by atoms with Crippen molar-refractivity contribution < 1.29 is 19.4 Å². The van der Waals surface area contributed by atoms with Crippen molar-refractivity contribution >= 4 is 11.9 Å². The summed E-state index contributed by atoms with van der Waals surface area (Å²) < 4.78 is 4.92. The Hall–Kier alpha value is -1.18. The van der Waals surface area contributed by atoms with Crippen molar-refractivity contribution in [3.63, 3.8) is 0 Å². The lowest BCUT2D eigenvalue weighted by molar-refractivity contribution is -0.121. The first-order valence-electron chi connectivity index (χ1n) is 4.97. The van der Waals surface area contributed by atoms with Crippen molar-refractivity contribution in [2.24, 2.45) is 5.73 Å². The van der Waals surface area contributed by atoms with E-state index in [-0.39, 0.29) is 12.6 Å². The second kappa shape index (κ2) is 8.03. The first-order chi connectivity index (χ1) is 7.51. The molecule has 3 amide bonds. The molecule has 16 heavy (non-hydrogen) atoms. The van der Waals surface area contributed by atoms with Crippen molar-refractivity contribution in [2.45, 2.75) is 25.4 Å². The first-order valence-corrected chi connectivity index (χ1v) is 4.97.